The summed E-state index contributed by atoms with van der Waals surface area (Å²) in [4.78, 5) is 30.9. The lowest BCUT2D eigenvalue weighted by atomic mass is 9.77. The first kappa shape index (κ1) is 35.0. The second-order valence-electron chi connectivity index (χ2n) is 16.0. The van der Waals surface area contributed by atoms with Crippen LogP contribution in [0.3, 0.4) is 0 Å². The third-order valence-electron chi connectivity index (χ3n) is 12.5. The van der Waals surface area contributed by atoms with Gasteiger partial charge in [0.25, 0.3) is 0 Å². The zero-order chi connectivity index (χ0) is 39.2. The average Bonchev–Trinajstić information content (AvgIpc) is 3.95. The topological polar surface area (TPSA) is 77.3 Å². The SMILES string of the molecule is c1ccc(-c2nc(-c3ccc(C45CCC(CC4)C5)cc3)nc(-c3cccc4c(-c5nc(-c6ccccc6)nc(-c6ccccc6-c6ccccc6)n5)cccc34)n2)cc1. The number of fused-ring (bicyclic) bond motifs is 3. The molecule has 0 unspecified atom stereocenters. The summed E-state index contributed by atoms with van der Waals surface area (Å²) in [5, 5.41) is 2.00. The van der Waals surface area contributed by atoms with Crippen LogP contribution in [0.2, 0.25) is 0 Å². The Morgan fingerprint density at radius 2 is 0.712 bits per heavy atom. The van der Waals surface area contributed by atoms with E-state index in [4.69, 9.17) is 29.9 Å². The molecule has 2 bridgehead atoms. The van der Waals surface area contributed by atoms with Gasteiger partial charge < -0.3 is 0 Å². The smallest absolute Gasteiger partial charge is 0.164 e. The Bertz CT molecular complexity index is 2960. The van der Waals surface area contributed by atoms with E-state index in [0.717, 1.165) is 61.2 Å². The molecule has 0 spiro atoms. The standard InChI is InChI=1S/C53H40N6/c1-4-14-36(15-5-1)41-20-10-11-21-44(41)50-56-48(38-18-8-3-9-19-38)57-52(59-50)46-25-13-22-42-43(46)23-12-24-45(42)51-55-47(37-16-6-2-7-17-37)54-49(58-51)39-26-28-40(29-27-39)53-32-30-35(34-53)31-33-53/h1-29,35H,30-34H2. The first-order chi connectivity index (χ1) is 29.2. The Kier molecular flexibility index (Phi) is 8.69. The number of nitrogens with zero attached hydrogens (tertiary/aromatic N) is 6. The molecule has 6 nitrogen and oxygen atoms in total. The molecule has 2 heterocycles. The van der Waals surface area contributed by atoms with Gasteiger partial charge in [-0.25, -0.2) is 29.9 Å². The predicted octanol–water partition coefficient (Wildman–Crippen LogP) is 12.7. The molecule has 9 aromatic rings. The fraction of sp³-hybridized carbons (Fsp3) is 0.132. The van der Waals surface area contributed by atoms with Crippen LogP contribution in [0.1, 0.15) is 37.7 Å². The molecule has 59 heavy (non-hydrogen) atoms. The first-order valence-corrected chi connectivity index (χ1v) is 20.6. The third-order valence-corrected chi connectivity index (χ3v) is 12.5. The van der Waals surface area contributed by atoms with Gasteiger partial charge in [0, 0.05) is 33.4 Å². The molecule has 11 rings (SSSR count). The van der Waals surface area contributed by atoms with Crippen LogP contribution >= 0.6 is 0 Å². The van der Waals surface area contributed by atoms with Gasteiger partial charge in [-0.3, -0.25) is 0 Å². The van der Waals surface area contributed by atoms with Crippen molar-refractivity contribution in [1.82, 2.24) is 29.9 Å². The lowest BCUT2D eigenvalue weighted by Crippen LogP contribution is -2.19. The Morgan fingerprint density at radius 3 is 1.20 bits per heavy atom. The van der Waals surface area contributed by atoms with Gasteiger partial charge in [-0.05, 0) is 70.9 Å². The van der Waals surface area contributed by atoms with Crippen LogP contribution in [0.5, 0.6) is 0 Å². The van der Waals surface area contributed by atoms with Crippen molar-refractivity contribution in [2.24, 2.45) is 5.92 Å². The highest BCUT2D eigenvalue weighted by atomic mass is 15.0. The van der Waals surface area contributed by atoms with Crippen LogP contribution in [0.4, 0.5) is 0 Å². The molecule has 0 amide bonds. The summed E-state index contributed by atoms with van der Waals surface area (Å²) in [6, 6.07) is 60.7. The molecule has 2 fully saturated rings. The zero-order valence-corrected chi connectivity index (χ0v) is 32.5. The van der Waals surface area contributed by atoms with Crippen LogP contribution in [-0.2, 0) is 5.41 Å². The van der Waals surface area contributed by atoms with Gasteiger partial charge in [0.05, 0.1) is 0 Å². The van der Waals surface area contributed by atoms with Crippen LogP contribution in [0.25, 0.3) is 90.2 Å². The summed E-state index contributed by atoms with van der Waals surface area (Å²) < 4.78 is 0. The molecule has 2 saturated carbocycles. The van der Waals surface area contributed by atoms with Gasteiger partial charge in [-0.1, -0.05) is 176 Å². The van der Waals surface area contributed by atoms with Crippen LogP contribution in [0, 0.1) is 5.92 Å². The highest BCUT2D eigenvalue weighted by molar-refractivity contribution is 6.03. The molecule has 282 valence electrons. The van der Waals surface area contributed by atoms with Gasteiger partial charge in [-0.2, -0.15) is 0 Å². The molecule has 2 aliphatic rings. The second-order valence-corrected chi connectivity index (χ2v) is 16.0. The Hall–Kier alpha value is -7.18. The Balaban J connectivity index is 1.06. The van der Waals surface area contributed by atoms with Crippen LogP contribution in [-0.4, -0.2) is 29.9 Å². The lowest BCUT2D eigenvalue weighted by Gasteiger charge is -2.27. The zero-order valence-electron chi connectivity index (χ0n) is 32.5. The first-order valence-electron chi connectivity index (χ1n) is 20.6. The van der Waals surface area contributed by atoms with Crippen molar-refractivity contribution in [1.29, 1.82) is 0 Å². The number of aromatic nitrogens is 6. The van der Waals surface area contributed by atoms with Crippen molar-refractivity contribution in [3.63, 3.8) is 0 Å². The van der Waals surface area contributed by atoms with Crippen molar-refractivity contribution in [3.05, 3.63) is 181 Å². The minimum atomic E-state index is 0.343. The Labute approximate surface area is 343 Å². The Morgan fingerprint density at radius 1 is 0.322 bits per heavy atom. The molecule has 2 aliphatic carbocycles. The van der Waals surface area contributed by atoms with Crippen molar-refractivity contribution in [2.45, 2.75) is 37.5 Å². The molecule has 0 N–H and O–H groups in total. The summed E-state index contributed by atoms with van der Waals surface area (Å²) in [6.07, 6.45) is 6.64. The van der Waals surface area contributed by atoms with Crippen molar-refractivity contribution in [2.75, 3.05) is 0 Å². The van der Waals surface area contributed by atoms with E-state index in [2.05, 4.69) is 115 Å². The maximum absolute atomic E-state index is 5.23. The molecule has 0 saturated heterocycles. The molecule has 0 radical (unpaired) electrons. The van der Waals surface area contributed by atoms with Crippen molar-refractivity contribution < 1.29 is 0 Å². The normalized spacial score (nSPS) is 17.1. The van der Waals surface area contributed by atoms with Crippen molar-refractivity contribution >= 4 is 10.8 Å². The predicted molar refractivity (Wildman–Crippen MR) is 237 cm³/mol. The number of hydrogen-bond donors (Lipinski definition) is 0. The molecule has 0 atom stereocenters. The quantitative estimate of drug-likeness (QED) is 0.153. The maximum Gasteiger partial charge on any atom is 0.164 e. The highest BCUT2D eigenvalue weighted by Crippen LogP contribution is 2.55. The molecular weight excluding hydrogens is 721 g/mol. The monoisotopic (exact) mass is 760 g/mol. The highest BCUT2D eigenvalue weighted by Gasteiger charge is 2.45. The molecule has 2 aromatic heterocycles. The third kappa shape index (κ3) is 6.47. The van der Waals surface area contributed by atoms with E-state index < -0.39 is 0 Å². The summed E-state index contributed by atoms with van der Waals surface area (Å²) in [6.45, 7) is 0. The van der Waals surface area contributed by atoms with E-state index in [1.165, 1.54) is 37.7 Å². The average molecular weight is 761 g/mol. The van der Waals surface area contributed by atoms with E-state index in [1.807, 2.05) is 60.7 Å². The second kappa shape index (κ2) is 14.6. The fourth-order valence-corrected chi connectivity index (χ4v) is 9.49. The number of rotatable bonds is 8. The minimum Gasteiger partial charge on any atom is -0.208 e. The van der Waals surface area contributed by atoms with Gasteiger partial charge in [0.2, 0.25) is 0 Å². The summed E-state index contributed by atoms with van der Waals surface area (Å²) in [5.41, 5.74) is 9.57. The van der Waals surface area contributed by atoms with Gasteiger partial charge >= 0.3 is 0 Å². The summed E-state index contributed by atoms with van der Waals surface area (Å²) in [5.74, 6) is 4.63. The minimum absolute atomic E-state index is 0.343. The van der Waals surface area contributed by atoms with Crippen molar-refractivity contribution in [3.8, 4) is 79.5 Å². The van der Waals surface area contributed by atoms with E-state index in [0.29, 0.717) is 40.4 Å². The maximum atomic E-state index is 5.23. The van der Waals surface area contributed by atoms with Gasteiger partial charge in [0.1, 0.15) is 0 Å². The van der Waals surface area contributed by atoms with Crippen LogP contribution < -0.4 is 0 Å². The number of benzene rings is 7. The number of hydrogen-bond acceptors (Lipinski definition) is 6. The summed E-state index contributed by atoms with van der Waals surface area (Å²) in [7, 11) is 0. The van der Waals surface area contributed by atoms with Crippen LogP contribution in [0.15, 0.2) is 176 Å². The van der Waals surface area contributed by atoms with E-state index in [1.54, 1.807) is 0 Å². The largest absolute Gasteiger partial charge is 0.208 e. The summed E-state index contributed by atoms with van der Waals surface area (Å²) >= 11 is 0. The van der Waals surface area contributed by atoms with Gasteiger partial charge in [0.15, 0.2) is 34.9 Å². The fourth-order valence-electron chi connectivity index (χ4n) is 9.49. The molecule has 6 heteroatoms. The molecular formula is C53H40N6. The van der Waals surface area contributed by atoms with E-state index in [9.17, 15) is 0 Å². The molecule has 7 aromatic carbocycles. The van der Waals surface area contributed by atoms with E-state index >= 15 is 0 Å². The van der Waals surface area contributed by atoms with Gasteiger partial charge in [-0.15, -0.1) is 0 Å². The molecule has 0 aliphatic heterocycles. The van der Waals surface area contributed by atoms with E-state index in [-0.39, 0.29) is 0 Å². The lowest BCUT2D eigenvalue weighted by molar-refractivity contribution is 0.419.